The van der Waals surface area contributed by atoms with Crippen LogP contribution in [0.1, 0.15) is 12.5 Å². The molecule has 0 N–H and O–H groups in total. The Morgan fingerprint density at radius 1 is 1.14 bits per heavy atom. The summed E-state index contributed by atoms with van der Waals surface area (Å²) in [7, 11) is 0. The van der Waals surface area contributed by atoms with E-state index in [9.17, 15) is 4.79 Å². The number of likely N-dealkylation sites (N-methyl/N-ethyl adjacent to an activating group) is 1. The van der Waals surface area contributed by atoms with Crippen molar-refractivity contribution in [2.24, 2.45) is 0 Å². The molecule has 2 aromatic rings. The van der Waals surface area contributed by atoms with E-state index in [1.807, 2.05) is 42.5 Å². The molecule has 0 saturated heterocycles. The van der Waals surface area contributed by atoms with Crippen molar-refractivity contribution in [1.82, 2.24) is 0 Å². The van der Waals surface area contributed by atoms with Gasteiger partial charge in [0.1, 0.15) is 5.75 Å². The lowest BCUT2D eigenvalue weighted by Gasteiger charge is -2.27. The van der Waals surface area contributed by atoms with Crippen LogP contribution in [-0.2, 0) is 9.53 Å². The molecule has 0 aliphatic carbocycles. The molecule has 116 valence electrons. The summed E-state index contributed by atoms with van der Waals surface area (Å²) in [6, 6.07) is 17.6. The Labute approximate surface area is 131 Å². The summed E-state index contributed by atoms with van der Waals surface area (Å²) in [5, 5.41) is 0. The predicted molar refractivity (Wildman–Crippen MR) is 87.1 cm³/mol. The van der Waals surface area contributed by atoms with Crippen LogP contribution in [0.3, 0.4) is 0 Å². The van der Waals surface area contributed by atoms with Gasteiger partial charge in [0.15, 0.2) is 0 Å². The highest BCUT2D eigenvalue weighted by Gasteiger charge is 2.16. The lowest BCUT2D eigenvalue weighted by Crippen LogP contribution is -2.37. The Balaban J connectivity index is 2.09. The van der Waals surface area contributed by atoms with Crippen LogP contribution in [0.15, 0.2) is 54.6 Å². The number of carbonyl (C=O) groups is 1. The van der Waals surface area contributed by atoms with Gasteiger partial charge in [-0.1, -0.05) is 30.3 Å². The number of rotatable bonds is 8. The molecule has 0 aromatic heterocycles. The first-order chi connectivity index (χ1) is 10.7. The highest BCUT2D eigenvalue weighted by molar-refractivity contribution is 5.48. The van der Waals surface area contributed by atoms with Crippen LogP contribution in [-0.4, -0.2) is 25.9 Å². The van der Waals surface area contributed by atoms with Crippen LogP contribution >= 0.6 is 0 Å². The van der Waals surface area contributed by atoms with Crippen LogP contribution in [0.2, 0.25) is 0 Å². The molecular formula is C18H21NO3. The van der Waals surface area contributed by atoms with E-state index in [1.165, 1.54) is 5.56 Å². The number of para-hydroxylation sites is 1. The lowest BCUT2D eigenvalue weighted by atomic mass is 10.2. The number of nitrogens with zero attached hydrogens (tertiary/aromatic N) is 1. The van der Waals surface area contributed by atoms with Crippen molar-refractivity contribution in [2.75, 3.05) is 18.0 Å². The first kappa shape index (κ1) is 15.9. The zero-order valence-electron chi connectivity index (χ0n) is 12.9. The normalized spacial score (nSPS) is 11.5. The van der Waals surface area contributed by atoms with Gasteiger partial charge < -0.3 is 14.4 Å². The second kappa shape index (κ2) is 8.08. The zero-order valence-corrected chi connectivity index (χ0v) is 12.9. The number of carbonyl (C=O) groups excluding carboxylic acids is 1. The van der Waals surface area contributed by atoms with Crippen molar-refractivity contribution in [1.29, 1.82) is 0 Å². The van der Waals surface area contributed by atoms with E-state index in [1.54, 1.807) is 0 Å². The largest absolute Gasteiger partial charge is 0.453 e. The first-order valence-electron chi connectivity index (χ1n) is 7.35. The number of aryl methyl sites for hydroxylation is 1. The van der Waals surface area contributed by atoms with Crippen molar-refractivity contribution >= 4 is 12.2 Å². The zero-order chi connectivity index (χ0) is 15.8. The van der Waals surface area contributed by atoms with Gasteiger partial charge in [-0.2, -0.15) is 0 Å². The third-order valence-electron chi connectivity index (χ3n) is 3.34. The molecule has 2 aromatic carbocycles. The quantitative estimate of drug-likeness (QED) is 0.553. The molecule has 1 atom stereocenters. The maximum atomic E-state index is 10.7. The standard InChI is InChI=1S/C18H21NO3/c1-3-19(16-9-7-8-15(2)12-16)13-18(21-14-20)22-17-10-5-4-6-11-17/h4-12,14,18H,3,13H2,1-2H3. The third-order valence-corrected chi connectivity index (χ3v) is 3.34. The smallest absolute Gasteiger partial charge is 0.296 e. The first-order valence-corrected chi connectivity index (χ1v) is 7.35. The van der Waals surface area contributed by atoms with Crippen molar-refractivity contribution in [3.05, 3.63) is 60.2 Å². The Bertz CT molecular complexity index is 586. The van der Waals surface area contributed by atoms with E-state index >= 15 is 0 Å². The molecule has 0 amide bonds. The molecule has 0 spiro atoms. The van der Waals surface area contributed by atoms with E-state index in [2.05, 4.69) is 30.9 Å². The van der Waals surface area contributed by atoms with E-state index < -0.39 is 6.29 Å². The molecule has 22 heavy (non-hydrogen) atoms. The van der Waals surface area contributed by atoms with Gasteiger partial charge in [-0.3, -0.25) is 4.79 Å². The van der Waals surface area contributed by atoms with Gasteiger partial charge in [0.05, 0.1) is 6.54 Å². The molecule has 4 heteroatoms. The fourth-order valence-corrected chi connectivity index (χ4v) is 2.24. The average molecular weight is 299 g/mol. The number of anilines is 1. The summed E-state index contributed by atoms with van der Waals surface area (Å²) < 4.78 is 10.8. The monoisotopic (exact) mass is 299 g/mol. The second-order valence-corrected chi connectivity index (χ2v) is 4.97. The molecule has 0 fully saturated rings. The molecule has 2 rings (SSSR count). The molecular weight excluding hydrogens is 278 g/mol. The summed E-state index contributed by atoms with van der Waals surface area (Å²) in [4.78, 5) is 12.9. The molecule has 4 nitrogen and oxygen atoms in total. The van der Waals surface area contributed by atoms with Gasteiger partial charge in [-0.05, 0) is 43.7 Å². The number of ether oxygens (including phenoxy) is 2. The van der Waals surface area contributed by atoms with Gasteiger partial charge in [0.25, 0.3) is 12.8 Å². The van der Waals surface area contributed by atoms with E-state index in [-0.39, 0.29) is 0 Å². The topological polar surface area (TPSA) is 38.8 Å². The van der Waals surface area contributed by atoms with Crippen LogP contribution in [0.5, 0.6) is 5.75 Å². The van der Waals surface area contributed by atoms with Gasteiger partial charge in [0.2, 0.25) is 0 Å². The maximum Gasteiger partial charge on any atom is 0.296 e. The molecule has 0 aliphatic rings. The van der Waals surface area contributed by atoms with Gasteiger partial charge in [-0.15, -0.1) is 0 Å². The number of benzene rings is 2. The minimum absolute atomic E-state index is 0.428. The number of hydrogen-bond donors (Lipinski definition) is 0. The fourth-order valence-electron chi connectivity index (χ4n) is 2.24. The van der Waals surface area contributed by atoms with Crippen molar-refractivity contribution < 1.29 is 14.3 Å². The van der Waals surface area contributed by atoms with Crippen LogP contribution < -0.4 is 9.64 Å². The predicted octanol–water partition coefficient (Wildman–Crippen LogP) is 3.40. The van der Waals surface area contributed by atoms with Crippen LogP contribution in [0.25, 0.3) is 0 Å². The Hall–Kier alpha value is -2.49. The van der Waals surface area contributed by atoms with Gasteiger partial charge in [-0.25, -0.2) is 0 Å². The summed E-state index contributed by atoms with van der Waals surface area (Å²) in [6.45, 7) is 5.80. The number of hydrogen-bond acceptors (Lipinski definition) is 4. The highest BCUT2D eigenvalue weighted by atomic mass is 16.7. The van der Waals surface area contributed by atoms with E-state index in [0.717, 1.165) is 12.2 Å². The van der Waals surface area contributed by atoms with Crippen molar-refractivity contribution in [3.8, 4) is 5.75 Å². The van der Waals surface area contributed by atoms with Crippen molar-refractivity contribution in [3.63, 3.8) is 0 Å². The lowest BCUT2D eigenvalue weighted by molar-refractivity contribution is -0.146. The van der Waals surface area contributed by atoms with Gasteiger partial charge in [0, 0.05) is 12.2 Å². The molecule has 0 aliphatic heterocycles. The van der Waals surface area contributed by atoms with E-state index in [0.29, 0.717) is 18.8 Å². The van der Waals surface area contributed by atoms with Crippen LogP contribution in [0.4, 0.5) is 5.69 Å². The summed E-state index contributed by atoms with van der Waals surface area (Å²) in [5.41, 5.74) is 2.27. The molecule has 0 radical (unpaired) electrons. The van der Waals surface area contributed by atoms with Gasteiger partial charge >= 0.3 is 0 Å². The Morgan fingerprint density at radius 2 is 1.91 bits per heavy atom. The fraction of sp³-hybridized carbons (Fsp3) is 0.278. The average Bonchev–Trinajstić information content (AvgIpc) is 2.53. The molecule has 1 unspecified atom stereocenters. The van der Waals surface area contributed by atoms with Crippen molar-refractivity contribution in [2.45, 2.75) is 20.1 Å². The highest BCUT2D eigenvalue weighted by Crippen LogP contribution is 2.18. The molecule has 0 heterocycles. The SMILES string of the molecule is CCN(CC(OC=O)Oc1ccccc1)c1cccc(C)c1. The Morgan fingerprint density at radius 3 is 2.55 bits per heavy atom. The summed E-state index contributed by atoms with van der Waals surface area (Å²) >= 11 is 0. The van der Waals surface area contributed by atoms with E-state index in [4.69, 9.17) is 9.47 Å². The summed E-state index contributed by atoms with van der Waals surface area (Å²) in [6.07, 6.45) is -0.652. The maximum absolute atomic E-state index is 10.7. The molecule has 0 bridgehead atoms. The second-order valence-electron chi connectivity index (χ2n) is 4.97. The summed E-state index contributed by atoms with van der Waals surface area (Å²) in [5.74, 6) is 0.676. The van der Waals surface area contributed by atoms with Crippen LogP contribution in [0, 0.1) is 6.92 Å². The minimum atomic E-state index is -0.652. The Kier molecular flexibility index (Phi) is 5.83. The third kappa shape index (κ3) is 4.52. The molecule has 0 saturated carbocycles. The minimum Gasteiger partial charge on any atom is -0.453 e.